The highest BCUT2D eigenvalue weighted by atomic mass is 19.1. The predicted molar refractivity (Wildman–Crippen MR) is 70.1 cm³/mol. The van der Waals surface area contributed by atoms with Crippen molar-refractivity contribution in [2.45, 2.75) is 36.1 Å². The van der Waals surface area contributed by atoms with Crippen LogP contribution >= 0.6 is 0 Å². The fraction of sp³-hybridized carbons (Fsp3) is 0.583. The molecule has 1 aliphatic carbocycles. The Hall–Kier alpha value is -1.88. The van der Waals surface area contributed by atoms with Crippen molar-refractivity contribution < 1.29 is 24.4 Å². The van der Waals surface area contributed by atoms with Gasteiger partial charge in [-0.05, 0) is 0 Å². The smallest absolute Gasteiger partial charge is 0.169 e. The molecular formula is C12H14FN5O4. The van der Waals surface area contributed by atoms with E-state index in [4.69, 9.17) is 10.5 Å². The molecule has 2 fully saturated rings. The van der Waals surface area contributed by atoms with E-state index in [0.29, 0.717) is 5.52 Å². The molecule has 1 saturated heterocycles. The van der Waals surface area contributed by atoms with Crippen LogP contribution in [0.15, 0.2) is 12.7 Å². The van der Waals surface area contributed by atoms with Crippen molar-refractivity contribution in [3.05, 3.63) is 12.7 Å². The van der Waals surface area contributed by atoms with Crippen LogP contribution in [0.3, 0.4) is 0 Å². The summed E-state index contributed by atoms with van der Waals surface area (Å²) in [5.74, 6) is 0.152. The Kier molecular flexibility index (Phi) is 2.57. The predicted octanol–water partition coefficient (Wildman–Crippen LogP) is -1.50. The molecular weight excluding hydrogens is 297 g/mol. The van der Waals surface area contributed by atoms with E-state index in [9.17, 15) is 19.7 Å². The SMILES string of the molecule is Nc1ncnc2c1ncn2C1OC2C(O)C2(O)C1(O)CCF. The molecule has 0 bridgehead atoms. The van der Waals surface area contributed by atoms with Gasteiger partial charge in [-0.15, -0.1) is 0 Å². The summed E-state index contributed by atoms with van der Waals surface area (Å²) >= 11 is 0. The van der Waals surface area contributed by atoms with E-state index in [1.807, 2.05) is 0 Å². The average Bonchev–Trinajstić information content (AvgIpc) is 2.81. The molecule has 10 heteroatoms. The van der Waals surface area contributed by atoms with Gasteiger partial charge in [-0.25, -0.2) is 15.0 Å². The Labute approximate surface area is 123 Å². The van der Waals surface area contributed by atoms with Gasteiger partial charge in [-0.2, -0.15) is 0 Å². The largest absolute Gasteiger partial charge is 0.387 e. The van der Waals surface area contributed by atoms with Crippen LogP contribution in [0, 0.1) is 0 Å². The summed E-state index contributed by atoms with van der Waals surface area (Å²) in [6, 6.07) is 0. The standard InChI is InChI=1S/C12H14FN5O4/c13-2-1-11(20)10(22-7-6(19)12(7,11)21)18-4-17-5-8(14)15-3-16-9(5)18/h3-4,6-7,10,19-21H,1-2H2,(H2,14,15,16). The van der Waals surface area contributed by atoms with Gasteiger partial charge in [0.15, 0.2) is 23.3 Å². The monoisotopic (exact) mass is 311 g/mol. The molecule has 5 N–H and O–H groups in total. The number of halogens is 1. The first-order chi connectivity index (χ1) is 10.4. The third kappa shape index (κ3) is 1.38. The van der Waals surface area contributed by atoms with Crippen LogP contribution in [0.2, 0.25) is 0 Å². The maximum atomic E-state index is 12.9. The van der Waals surface area contributed by atoms with Crippen LogP contribution in [0.4, 0.5) is 10.2 Å². The van der Waals surface area contributed by atoms with Crippen molar-refractivity contribution in [3.63, 3.8) is 0 Å². The van der Waals surface area contributed by atoms with Gasteiger partial charge < -0.3 is 25.8 Å². The Bertz CT molecular complexity index is 756. The topological polar surface area (TPSA) is 140 Å². The van der Waals surface area contributed by atoms with E-state index < -0.39 is 42.7 Å². The summed E-state index contributed by atoms with van der Waals surface area (Å²) in [6.07, 6.45) is -1.23. The number of aromatic nitrogens is 4. The molecule has 5 unspecified atom stereocenters. The molecule has 0 spiro atoms. The number of imidazole rings is 1. The molecule has 5 atom stereocenters. The number of hydrogen-bond acceptors (Lipinski definition) is 8. The normalized spacial score (nSPS) is 40.1. The Morgan fingerprint density at radius 3 is 2.86 bits per heavy atom. The zero-order chi connectivity index (χ0) is 15.7. The molecule has 9 nitrogen and oxygen atoms in total. The molecule has 118 valence electrons. The molecule has 22 heavy (non-hydrogen) atoms. The van der Waals surface area contributed by atoms with E-state index in [1.54, 1.807) is 0 Å². The first-order valence-electron chi connectivity index (χ1n) is 6.72. The summed E-state index contributed by atoms with van der Waals surface area (Å²) < 4.78 is 19.8. The van der Waals surface area contributed by atoms with Gasteiger partial charge in [-0.3, -0.25) is 8.96 Å². The molecule has 1 aliphatic heterocycles. The second-order valence-electron chi connectivity index (χ2n) is 5.63. The summed E-state index contributed by atoms with van der Waals surface area (Å²) in [5, 5.41) is 30.9. The number of fused-ring (bicyclic) bond motifs is 2. The first kappa shape index (κ1) is 13.8. The molecule has 0 aromatic carbocycles. The van der Waals surface area contributed by atoms with Gasteiger partial charge >= 0.3 is 0 Å². The number of aliphatic hydroxyl groups is 3. The lowest BCUT2D eigenvalue weighted by atomic mass is 9.89. The third-order valence-corrected chi connectivity index (χ3v) is 4.56. The average molecular weight is 311 g/mol. The Morgan fingerprint density at radius 1 is 1.36 bits per heavy atom. The van der Waals surface area contributed by atoms with Gasteiger partial charge in [0, 0.05) is 6.42 Å². The highest BCUT2D eigenvalue weighted by Crippen LogP contribution is 2.61. The zero-order valence-electron chi connectivity index (χ0n) is 11.3. The van der Waals surface area contributed by atoms with Gasteiger partial charge in [0.2, 0.25) is 0 Å². The number of nitrogens with two attached hydrogens (primary N) is 1. The maximum absolute atomic E-state index is 12.9. The zero-order valence-corrected chi connectivity index (χ0v) is 11.3. The van der Waals surface area contributed by atoms with Crippen molar-refractivity contribution in [2.24, 2.45) is 0 Å². The molecule has 4 rings (SSSR count). The molecule has 0 amide bonds. The minimum atomic E-state index is -2.00. The van der Waals surface area contributed by atoms with E-state index in [1.165, 1.54) is 17.2 Å². The maximum Gasteiger partial charge on any atom is 0.169 e. The molecule has 2 aromatic heterocycles. The lowest BCUT2D eigenvalue weighted by Crippen LogP contribution is -2.51. The van der Waals surface area contributed by atoms with Crippen LogP contribution in [0.25, 0.3) is 11.2 Å². The van der Waals surface area contributed by atoms with Crippen molar-refractivity contribution in [2.75, 3.05) is 12.4 Å². The lowest BCUT2D eigenvalue weighted by molar-refractivity contribution is -0.173. The van der Waals surface area contributed by atoms with Crippen LogP contribution in [-0.2, 0) is 4.74 Å². The molecule has 3 heterocycles. The fourth-order valence-electron chi connectivity index (χ4n) is 3.26. The second-order valence-corrected chi connectivity index (χ2v) is 5.63. The molecule has 2 aliphatic rings. The fourth-order valence-corrected chi connectivity index (χ4v) is 3.26. The van der Waals surface area contributed by atoms with E-state index in [-0.39, 0.29) is 11.5 Å². The quantitative estimate of drug-likeness (QED) is 0.537. The van der Waals surface area contributed by atoms with Crippen LogP contribution < -0.4 is 5.73 Å². The van der Waals surface area contributed by atoms with Crippen LogP contribution in [0.1, 0.15) is 12.6 Å². The molecule has 1 saturated carbocycles. The number of alkyl halides is 1. The number of hydrogen-bond donors (Lipinski definition) is 4. The second kappa shape index (κ2) is 4.10. The van der Waals surface area contributed by atoms with Crippen molar-refractivity contribution in [1.82, 2.24) is 19.5 Å². The van der Waals surface area contributed by atoms with Crippen LogP contribution in [-0.4, -0.2) is 64.9 Å². The first-order valence-corrected chi connectivity index (χ1v) is 6.72. The van der Waals surface area contributed by atoms with Crippen molar-refractivity contribution in [1.29, 1.82) is 0 Å². The molecule has 2 aromatic rings. The van der Waals surface area contributed by atoms with Crippen LogP contribution in [0.5, 0.6) is 0 Å². The number of nitrogen functional groups attached to an aromatic ring is 1. The lowest BCUT2D eigenvalue weighted by Gasteiger charge is -2.35. The number of ether oxygens (including phenoxy) is 1. The number of rotatable bonds is 3. The summed E-state index contributed by atoms with van der Waals surface area (Å²) in [5.41, 5.74) is 2.39. The number of anilines is 1. The Balaban J connectivity index is 1.83. The molecule has 0 radical (unpaired) electrons. The summed E-state index contributed by atoms with van der Waals surface area (Å²) in [4.78, 5) is 11.9. The number of aliphatic hydroxyl groups excluding tert-OH is 1. The van der Waals surface area contributed by atoms with Gasteiger partial charge in [0.25, 0.3) is 0 Å². The summed E-state index contributed by atoms with van der Waals surface area (Å²) in [6.45, 7) is -0.887. The van der Waals surface area contributed by atoms with Gasteiger partial charge in [0.1, 0.15) is 29.7 Å². The third-order valence-electron chi connectivity index (χ3n) is 4.56. The highest BCUT2D eigenvalue weighted by molar-refractivity contribution is 5.81. The number of nitrogens with zero attached hydrogens (tertiary/aromatic N) is 4. The summed E-state index contributed by atoms with van der Waals surface area (Å²) in [7, 11) is 0. The minimum absolute atomic E-state index is 0.152. The highest BCUT2D eigenvalue weighted by Gasteiger charge is 2.83. The van der Waals surface area contributed by atoms with Crippen molar-refractivity contribution >= 4 is 17.0 Å². The van der Waals surface area contributed by atoms with Gasteiger partial charge in [0.05, 0.1) is 13.0 Å². The minimum Gasteiger partial charge on any atom is -0.387 e. The van der Waals surface area contributed by atoms with Gasteiger partial charge in [-0.1, -0.05) is 0 Å². The Morgan fingerprint density at radius 2 is 2.14 bits per heavy atom. The van der Waals surface area contributed by atoms with Crippen molar-refractivity contribution in [3.8, 4) is 0 Å². The van der Waals surface area contributed by atoms with E-state index >= 15 is 0 Å². The van der Waals surface area contributed by atoms with E-state index in [0.717, 1.165) is 0 Å². The van der Waals surface area contributed by atoms with E-state index in [2.05, 4.69) is 15.0 Å².